The Balaban J connectivity index is 1.84. The molecule has 0 atom stereocenters. The molecule has 0 radical (unpaired) electrons. The highest BCUT2D eigenvalue weighted by Gasteiger charge is 2.17. The van der Waals surface area contributed by atoms with Crippen molar-refractivity contribution in [1.29, 1.82) is 0 Å². The second-order valence-corrected chi connectivity index (χ2v) is 5.29. The topological polar surface area (TPSA) is 119 Å². The van der Waals surface area contributed by atoms with Gasteiger partial charge in [-0.1, -0.05) is 6.07 Å². The molecular formula is C17H13N3O5. The van der Waals surface area contributed by atoms with E-state index in [-0.39, 0.29) is 5.56 Å². The first-order chi connectivity index (χ1) is 11.9. The lowest BCUT2D eigenvalue weighted by Crippen LogP contribution is -2.12. The first kappa shape index (κ1) is 16.2. The maximum absolute atomic E-state index is 12.3. The predicted molar refractivity (Wildman–Crippen MR) is 89.4 cm³/mol. The van der Waals surface area contributed by atoms with Gasteiger partial charge in [-0.15, -0.1) is 0 Å². The van der Waals surface area contributed by atoms with Gasteiger partial charge in [0.2, 0.25) is 5.89 Å². The Bertz CT molecular complexity index is 964. The number of phenols is 1. The van der Waals surface area contributed by atoms with E-state index in [2.05, 4.69) is 10.3 Å². The molecule has 2 N–H and O–H groups in total. The van der Waals surface area contributed by atoms with E-state index in [9.17, 15) is 20.0 Å². The van der Waals surface area contributed by atoms with Crippen molar-refractivity contribution in [3.05, 3.63) is 70.1 Å². The molecule has 0 spiro atoms. The Morgan fingerprint density at radius 3 is 2.76 bits per heavy atom. The second kappa shape index (κ2) is 6.44. The molecule has 1 aromatic heterocycles. The third-order valence-corrected chi connectivity index (χ3v) is 3.42. The van der Waals surface area contributed by atoms with E-state index in [0.29, 0.717) is 17.1 Å². The van der Waals surface area contributed by atoms with Crippen molar-refractivity contribution in [2.75, 3.05) is 5.32 Å². The van der Waals surface area contributed by atoms with Crippen molar-refractivity contribution >= 4 is 17.3 Å². The van der Waals surface area contributed by atoms with Gasteiger partial charge in [0.15, 0.2) is 5.75 Å². The molecule has 1 amide bonds. The van der Waals surface area contributed by atoms with Gasteiger partial charge in [0.05, 0.1) is 10.6 Å². The molecule has 0 unspecified atom stereocenters. The van der Waals surface area contributed by atoms with Crippen molar-refractivity contribution in [3.8, 4) is 17.2 Å². The molecule has 8 nitrogen and oxygen atoms in total. The van der Waals surface area contributed by atoms with Crippen LogP contribution in [0.4, 0.5) is 11.4 Å². The number of nitro benzene ring substituents is 1. The normalized spacial score (nSPS) is 10.4. The Morgan fingerprint density at radius 2 is 2.08 bits per heavy atom. The average molecular weight is 339 g/mol. The summed E-state index contributed by atoms with van der Waals surface area (Å²) in [5.74, 6) is -0.611. The third kappa shape index (κ3) is 3.47. The molecule has 25 heavy (non-hydrogen) atoms. The van der Waals surface area contributed by atoms with Crippen LogP contribution in [0.1, 0.15) is 16.1 Å². The largest absolute Gasteiger partial charge is 0.502 e. The molecule has 0 fully saturated rings. The van der Waals surface area contributed by atoms with Gasteiger partial charge in [-0.2, -0.15) is 0 Å². The van der Waals surface area contributed by atoms with E-state index in [1.54, 1.807) is 31.2 Å². The SMILES string of the molecule is Cc1coc(-c2cccc(NC(=O)c3ccc(O)c([N+](=O)[O-])c3)c2)n1. The standard InChI is InChI=1S/C17H13N3O5/c1-10-9-25-17(18-10)12-3-2-4-13(7-12)19-16(22)11-5-6-15(21)14(8-11)20(23)24/h2-9,21H,1H3,(H,19,22). The maximum Gasteiger partial charge on any atom is 0.311 e. The van der Waals surface area contributed by atoms with E-state index in [0.717, 1.165) is 17.8 Å². The molecule has 2 aromatic carbocycles. The van der Waals surface area contributed by atoms with Crippen molar-refractivity contribution in [3.63, 3.8) is 0 Å². The number of anilines is 1. The Morgan fingerprint density at radius 1 is 1.28 bits per heavy atom. The van der Waals surface area contributed by atoms with Gasteiger partial charge in [0.1, 0.15) is 6.26 Å². The minimum Gasteiger partial charge on any atom is -0.502 e. The van der Waals surface area contributed by atoms with Gasteiger partial charge in [-0.25, -0.2) is 4.98 Å². The van der Waals surface area contributed by atoms with Crippen molar-refractivity contribution in [2.45, 2.75) is 6.92 Å². The van der Waals surface area contributed by atoms with Crippen LogP contribution in [-0.2, 0) is 0 Å². The van der Waals surface area contributed by atoms with Crippen LogP contribution in [0.2, 0.25) is 0 Å². The first-order valence-electron chi connectivity index (χ1n) is 7.25. The summed E-state index contributed by atoms with van der Waals surface area (Å²) in [6.45, 7) is 1.80. The van der Waals surface area contributed by atoms with Gasteiger partial charge >= 0.3 is 5.69 Å². The lowest BCUT2D eigenvalue weighted by Gasteiger charge is -2.07. The summed E-state index contributed by atoms with van der Waals surface area (Å²) in [6, 6.07) is 10.3. The predicted octanol–water partition coefficient (Wildman–Crippen LogP) is 3.52. The van der Waals surface area contributed by atoms with Crippen LogP contribution in [0.5, 0.6) is 5.75 Å². The summed E-state index contributed by atoms with van der Waals surface area (Å²) < 4.78 is 5.32. The van der Waals surface area contributed by atoms with Crippen LogP contribution in [-0.4, -0.2) is 20.9 Å². The number of nitrogens with one attached hydrogen (secondary N) is 1. The van der Waals surface area contributed by atoms with Crippen LogP contribution in [0, 0.1) is 17.0 Å². The number of nitro groups is 1. The highest BCUT2D eigenvalue weighted by atomic mass is 16.6. The Hall–Kier alpha value is -3.68. The minimum atomic E-state index is -0.752. The summed E-state index contributed by atoms with van der Waals surface area (Å²) in [7, 11) is 0. The zero-order valence-corrected chi connectivity index (χ0v) is 13.1. The Kier molecular flexibility index (Phi) is 4.17. The number of hydrogen-bond donors (Lipinski definition) is 2. The molecule has 0 aliphatic carbocycles. The van der Waals surface area contributed by atoms with Gasteiger partial charge in [0, 0.05) is 22.9 Å². The Labute approximate surface area is 141 Å². The van der Waals surface area contributed by atoms with Crippen LogP contribution in [0.15, 0.2) is 53.1 Å². The molecule has 1 heterocycles. The zero-order valence-electron chi connectivity index (χ0n) is 13.1. The number of carbonyl (C=O) groups excluding carboxylic acids is 1. The monoisotopic (exact) mass is 339 g/mol. The fraction of sp³-hybridized carbons (Fsp3) is 0.0588. The first-order valence-corrected chi connectivity index (χ1v) is 7.25. The number of aryl methyl sites for hydroxylation is 1. The van der Waals surface area contributed by atoms with Crippen molar-refractivity contribution in [1.82, 2.24) is 4.98 Å². The molecular weight excluding hydrogens is 326 g/mol. The van der Waals surface area contributed by atoms with Crippen LogP contribution < -0.4 is 5.32 Å². The highest BCUT2D eigenvalue weighted by molar-refractivity contribution is 6.05. The zero-order chi connectivity index (χ0) is 18.0. The van der Waals surface area contributed by atoms with E-state index in [4.69, 9.17) is 4.42 Å². The van der Waals surface area contributed by atoms with Crippen LogP contribution >= 0.6 is 0 Å². The average Bonchev–Trinajstić information content (AvgIpc) is 3.01. The number of phenolic OH excluding ortho intramolecular Hbond substituents is 1. The highest BCUT2D eigenvalue weighted by Crippen LogP contribution is 2.27. The number of aromatic hydroxyl groups is 1. The maximum atomic E-state index is 12.3. The smallest absolute Gasteiger partial charge is 0.311 e. The number of hydrogen-bond acceptors (Lipinski definition) is 6. The van der Waals surface area contributed by atoms with Gasteiger partial charge in [0.25, 0.3) is 5.91 Å². The number of amides is 1. The molecule has 0 saturated heterocycles. The fourth-order valence-corrected chi connectivity index (χ4v) is 2.23. The number of carbonyl (C=O) groups is 1. The summed E-state index contributed by atoms with van der Waals surface area (Å²) in [6.07, 6.45) is 1.52. The van der Waals surface area contributed by atoms with Gasteiger partial charge < -0.3 is 14.8 Å². The third-order valence-electron chi connectivity index (χ3n) is 3.42. The van der Waals surface area contributed by atoms with Crippen LogP contribution in [0.25, 0.3) is 11.5 Å². The minimum absolute atomic E-state index is 0.0573. The molecule has 0 aliphatic heterocycles. The number of rotatable bonds is 4. The molecule has 0 bridgehead atoms. The lowest BCUT2D eigenvalue weighted by atomic mass is 10.1. The number of benzene rings is 2. The molecule has 3 rings (SSSR count). The van der Waals surface area contributed by atoms with E-state index in [1.165, 1.54) is 12.3 Å². The lowest BCUT2D eigenvalue weighted by molar-refractivity contribution is -0.385. The molecule has 0 aliphatic rings. The molecule has 0 saturated carbocycles. The summed E-state index contributed by atoms with van der Waals surface area (Å²) >= 11 is 0. The van der Waals surface area contributed by atoms with Crippen molar-refractivity contribution in [2.24, 2.45) is 0 Å². The quantitative estimate of drug-likeness (QED) is 0.554. The number of oxazole rings is 1. The molecule has 126 valence electrons. The number of nitrogens with zero attached hydrogens (tertiary/aromatic N) is 2. The summed E-state index contributed by atoms with van der Waals surface area (Å²) in [4.78, 5) is 26.6. The van der Waals surface area contributed by atoms with E-state index in [1.807, 2.05) is 0 Å². The van der Waals surface area contributed by atoms with Gasteiger partial charge in [-0.3, -0.25) is 14.9 Å². The van der Waals surface area contributed by atoms with Crippen molar-refractivity contribution < 1.29 is 19.2 Å². The van der Waals surface area contributed by atoms with E-state index >= 15 is 0 Å². The summed E-state index contributed by atoms with van der Waals surface area (Å²) in [5, 5.41) is 23.0. The molecule has 3 aromatic rings. The second-order valence-electron chi connectivity index (χ2n) is 5.29. The van der Waals surface area contributed by atoms with E-state index < -0.39 is 22.3 Å². The summed E-state index contributed by atoms with van der Waals surface area (Å²) in [5.41, 5.74) is 1.43. The molecule has 8 heteroatoms. The number of aromatic nitrogens is 1. The fourth-order valence-electron chi connectivity index (χ4n) is 2.23. The van der Waals surface area contributed by atoms with Gasteiger partial charge in [-0.05, 0) is 37.3 Å². The van der Waals surface area contributed by atoms with Crippen LogP contribution in [0.3, 0.4) is 0 Å².